The van der Waals surface area contributed by atoms with Gasteiger partial charge in [0.25, 0.3) is 11.8 Å². The van der Waals surface area contributed by atoms with Gasteiger partial charge in [-0.2, -0.15) is 0 Å². The molecule has 0 unspecified atom stereocenters. The van der Waals surface area contributed by atoms with Crippen LogP contribution in [-0.4, -0.2) is 62.8 Å². The number of methoxy groups -OCH3 is 1. The second-order valence-corrected chi connectivity index (χ2v) is 8.53. The molecule has 33 heavy (non-hydrogen) atoms. The predicted molar refractivity (Wildman–Crippen MR) is 112 cm³/mol. The summed E-state index contributed by atoms with van der Waals surface area (Å²) >= 11 is 0. The van der Waals surface area contributed by atoms with Crippen molar-refractivity contribution in [3.05, 3.63) is 63.7 Å². The number of nitrogens with zero attached hydrogens (tertiary/aromatic N) is 2. The number of carbonyl (C=O) groups excluding carboxylic acids is 3. The van der Waals surface area contributed by atoms with Gasteiger partial charge >= 0.3 is 11.7 Å². The molecule has 0 spiro atoms. The summed E-state index contributed by atoms with van der Waals surface area (Å²) in [5.41, 5.74) is 0.0388. The molecule has 0 fully saturated rings. The summed E-state index contributed by atoms with van der Waals surface area (Å²) < 4.78 is 36.7. The van der Waals surface area contributed by atoms with Gasteiger partial charge in [-0.15, -0.1) is 0 Å². The highest BCUT2D eigenvalue weighted by Gasteiger charge is 2.34. The van der Waals surface area contributed by atoms with Crippen LogP contribution in [0.3, 0.4) is 0 Å². The Balaban J connectivity index is 1.48. The molecule has 0 saturated heterocycles. The molecule has 2 aromatic rings. The van der Waals surface area contributed by atoms with Crippen LogP contribution in [0.1, 0.15) is 27.1 Å². The van der Waals surface area contributed by atoms with Gasteiger partial charge in [0.15, 0.2) is 5.75 Å². The van der Waals surface area contributed by atoms with E-state index in [1.54, 1.807) is 12.1 Å². The maximum atomic E-state index is 12.3. The number of esters is 1. The lowest BCUT2D eigenvalue weighted by Crippen LogP contribution is -2.33. The van der Waals surface area contributed by atoms with E-state index in [1.165, 1.54) is 19.2 Å². The zero-order valence-electron chi connectivity index (χ0n) is 17.3. The lowest BCUT2D eigenvalue weighted by molar-refractivity contribution is -0.386. The largest absolute Gasteiger partial charge is 0.490 e. The molecule has 2 amide bonds. The van der Waals surface area contributed by atoms with Crippen molar-refractivity contribution in [1.82, 2.24) is 9.62 Å². The predicted octanol–water partition coefficient (Wildman–Crippen LogP) is 1.11. The van der Waals surface area contributed by atoms with Crippen molar-refractivity contribution in [3.8, 4) is 5.75 Å². The third-order valence-electron chi connectivity index (χ3n) is 4.73. The van der Waals surface area contributed by atoms with Crippen LogP contribution in [0.25, 0.3) is 0 Å². The summed E-state index contributed by atoms with van der Waals surface area (Å²) in [6.45, 7) is -0.713. The number of sulfonamides is 1. The molecule has 1 N–H and O–H groups in total. The summed E-state index contributed by atoms with van der Waals surface area (Å²) in [6, 6.07) is 9.48. The van der Waals surface area contributed by atoms with E-state index in [9.17, 15) is 32.9 Å². The monoisotopic (exact) mass is 477 g/mol. The maximum Gasteiger partial charge on any atom is 0.312 e. The van der Waals surface area contributed by atoms with Gasteiger partial charge in [0.05, 0.1) is 41.0 Å². The van der Waals surface area contributed by atoms with Crippen LogP contribution in [0.15, 0.2) is 47.4 Å². The molecule has 0 bridgehead atoms. The first kappa shape index (κ1) is 23.8. The first-order valence-corrected chi connectivity index (χ1v) is 11.1. The van der Waals surface area contributed by atoms with Gasteiger partial charge in [0.1, 0.15) is 6.61 Å². The highest BCUT2D eigenvalue weighted by Crippen LogP contribution is 2.29. The van der Waals surface area contributed by atoms with Crippen LogP contribution in [0.5, 0.6) is 5.75 Å². The zero-order chi connectivity index (χ0) is 24.2. The minimum Gasteiger partial charge on any atom is -0.490 e. The number of nitro benzene ring substituents is 1. The molecular formula is C20H19N3O9S. The number of hydrogen-bond donors (Lipinski definition) is 1. The molecule has 1 aliphatic rings. The molecule has 13 heteroatoms. The number of carbonyl (C=O) groups is 3. The number of imide groups is 1. The van der Waals surface area contributed by atoms with E-state index in [0.29, 0.717) is 0 Å². The second kappa shape index (κ2) is 9.75. The number of fused-ring (bicyclic) bond motifs is 1. The summed E-state index contributed by atoms with van der Waals surface area (Å²) in [5, 5.41) is 11.1. The second-order valence-electron chi connectivity index (χ2n) is 6.77. The average molecular weight is 477 g/mol. The van der Waals surface area contributed by atoms with E-state index in [1.807, 2.05) is 0 Å². The number of nitrogens with one attached hydrogen (secondary N) is 1. The molecule has 3 rings (SSSR count). The molecule has 0 atom stereocenters. The minimum atomic E-state index is -4.13. The van der Waals surface area contributed by atoms with Crippen molar-refractivity contribution in [1.29, 1.82) is 0 Å². The third-order valence-corrected chi connectivity index (χ3v) is 6.19. The topological polar surface area (TPSA) is 162 Å². The standard InChI is InChI=1S/C20H19N3O9S/c1-31-17-7-6-13(12-16(17)23(27)28)33(29,30)21-9-8-18(24)32-11-10-22-19(25)14-4-2-3-5-15(14)20(22)26/h2-7,12,21H,8-11H2,1H3. The highest BCUT2D eigenvalue weighted by molar-refractivity contribution is 7.89. The number of hydrogen-bond acceptors (Lipinski definition) is 9. The van der Waals surface area contributed by atoms with Crippen LogP contribution in [0.2, 0.25) is 0 Å². The van der Waals surface area contributed by atoms with E-state index >= 15 is 0 Å². The Bertz CT molecular complexity index is 1190. The van der Waals surface area contributed by atoms with Gasteiger partial charge in [-0.25, -0.2) is 13.1 Å². The molecule has 1 heterocycles. The van der Waals surface area contributed by atoms with Crippen LogP contribution in [-0.2, 0) is 19.6 Å². The lowest BCUT2D eigenvalue weighted by Gasteiger charge is -2.14. The summed E-state index contributed by atoms with van der Waals surface area (Å²) in [4.78, 5) is 47.3. The number of rotatable bonds is 10. The van der Waals surface area contributed by atoms with Crippen LogP contribution in [0, 0.1) is 10.1 Å². The van der Waals surface area contributed by atoms with Gasteiger partial charge in [-0.05, 0) is 24.3 Å². The van der Waals surface area contributed by atoms with E-state index in [4.69, 9.17) is 9.47 Å². The smallest absolute Gasteiger partial charge is 0.312 e. The lowest BCUT2D eigenvalue weighted by atomic mass is 10.1. The molecule has 0 aromatic heterocycles. The fraction of sp³-hybridized carbons (Fsp3) is 0.250. The van der Waals surface area contributed by atoms with Crippen molar-refractivity contribution >= 4 is 33.5 Å². The van der Waals surface area contributed by atoms with Gasteiger partial charge in [-0.3, -0.25) is 29.4 Å². The van der Waals surface area contributed by atoms with E-state index in [2.05, 4.69) is 4.72 Å². The van der Waals surface area contributed by atoms with Crippen molar-refractivity contribution in [3.63, 3.8) is 0 Å². The first-order chi connectivity index (χ1) is 15.7. The summed E-state index contributed by atoms with van der Waals surface area (Å²) in [7, 11) is -2.91. The Hall–Kier alpha value is -3.84. The summed E-state index contributed by atoms with van der Waals surface area (Å²) in [6.07, 6.45) is -0.334. The van der Waals surface area contributed by atoms with E-state index in [0.717, 1.165) is 23.1 Å². The molecule has 0 aliphatic carbocycles. The minimum absolute atomic E-state index is 0.0967. The van der Waals surface area contributed by atoms with Crippen LogP contribution >= 0.6 is 0 Å². The fourth-order valence-corrected chi connectivity index (χ4v) is 4.17. The first-order valence-electron chi connectivity index (χ1n) is 9.58. The van der Waals surface area contributed by atoms with Crippen molar-refractivity contribution in [2.75, 3.05) is 26.8 Å². The highest BCUT2D eigenvalue weighted by atomic mass is 32.2. The Morgan fingerprint density at radius 1 is 1.12 bits per heavy atom. The molecule has 12 nitrogen and oxygen atoms in total. The Morgan fingerprint density at radius 2 is 1.76 bits per heavy atom. The molecule has 1 aliphatic heterocycles. The van der Waals surface area contributed by atoms with Gasteiger partial charge in [0.2, 0.25) is 10.0 Å². The average Bonchev–Trinajstić information content (AvgIpc) is 3.03. The SMILES string of the molecule is COc1ccc(S(=O)(=O)NCCC(=O)OCCN2C(=O)c3ccccc3C2=O)cc1[N+](=O)[O-]. The van der Waals surface area contributed by atoms with Gasteiger partial charge < -0.3 is 9.47 Å². The number of benzene rings is 2. The summed E-state index contributed by atoms with van der Waals surface area (Å²) in [5.74, 6) is -1.81. The van der Waals surface area contributed by atoms with Gasteiger partial charge in [-0.1, -0.05) is 12.1 Å². The third kappa shape index (κ3) is 5.15. The fourth-order valence-electron chi connectivity index (χ4n) is 3.12. The number of ether oxygens (including phenoxy) is 2. The van der Waals surface area contributed by atoms with Crippen molar-refractivity contribution in [2.24, 2.45) is 0 Å². The molecule has 174 valence electrons. The normalized spacial score (nSPS) is 13.1. The Morgan fingerprint density at radius 3 is 2.33 bits per heavy atom. The number of amides is 2. The van der Waals surface area contributed by atoms with Crippen molar-refractivity contribution in [2.45, 2.75) is 11.3 Å². The molecular weight excluding hydrogens is 458 g/mol. The maximum absolute atomic E-state index is 12.3. The Labute approximate surface area is 188 Å². The van der Waals surface area contributed by atoms with E-state index in [-0.39, 0.29) is 47.9 Å². The molecule has 0 radical (unpaired) electrons. The zero-order valence-corrected chi connectivity index (χ0v) is 18.2. The quantitative estimate of drug-likeness (QED) is 0.229. The molecule has 2 aromatic carbocycles. The van der Waals surface area contributed by atoms with Crippen LogP contribution < -0.4 is 9.46 Å². The number of nitro groups is 1. The van der Waals surface area contributed by atoms with Crippen molar-refractivity contribution < 1.29 is 37.2 Å². The van der Waals surface area contributed by atoms with Crippen LogP contribution in [0.4, 0.5) is 5.69 Å². The molecule has 0 saturated carbocycles. The Kier molecular flexibility index (Phi) is 7.04. The van der Waals surface area contributed by atoms with Gasteiger partial charge in [0, 0.05) is 12.6 Å². The van der Waals surface area contributed by atoms with E-state index < -0.39 is 38.4 Å².